The van der Waals surface area contributed by atoms with Gasteiger partial charge in [0.2, 0.25) is 11.8 Å². The first-order chi connectivity index (χ1) is 22.4. The van der Waals surface area contributed by atoms with Gasteiger partial charge in [-0.3, -0.25) is 14.4 Å². The molecule has 1 aliphatic rings. The Bertz CT molecular complexity index is 1600. The Labute approximate surface area is 286 Å². The van der Waals surface area contributed by atoms with Crippen molar-refractivity contribution in [1.82, 2.24) is 20.9 Å². The fourth-order valence-electron chi connectivity index (χ4n) is 5.80. The molecule has 4 N–H and O–H groups in total. The molecule has 1 aromatic heterocycles. The van der Waals surface area contributed by atoms with E-state index in [4.69, 9.17) is 11.6 Å². The molecule has 3 aromatic rings. The highest BCUT2D eigenvalue weighted by Gasteiger charge is 2.33. The highest BCUT2D eigenvalue weighted by Crippen LogP contribution is 2.34. The Hall–Kier alpha value is -3.48. The third-order valence-corrected chi connectivity index (χ3v) is 10.1. The van der Waals surface area contributed by atoms with Gasteiger partial charge in [-0.2, -0.15) is 0 Å². The molecule has 3 amide bonds. The van der Waals surface area contributed by atoms with E-state index < -0.39 is 33.7 Å². The maximum absolute atomic E-state index is 13.7. The number of nitrogens with zero attached hydrogens (tertiary/aromatic N) is 1. The number of nitrogens with one attached hydrogen (secondary N) is 4. The summed E-state index contributed by atoms with van der Waals surface area (Å²) < 4.78 is 24.1. The maximum Gasteiger partial charge on any atom is 0.251 e. The largest absolute Gasteiger partial charge is 0.357 e. The number of aromatic nitrogens is 1. The number of thiazole rings is 1. The van der Waals surface area contributed by atoms with Crippen LogP contribution in [-0.4, -0.2) is 61.3 Å². The molecule has 10 nitrogen and oxygen atoms in total. The molecule has 4 rings (SSSR count). The summed E-state index contributed by atoms with van der Waals surface area (Å²) in [5, 5.41) is 15.3. The lowest BCUT2D eigenvalue weighted by Crippen LogP contribution is -2.56. The van der Waals surface area contributed by atoms with E-state index in [1.54, 1.807) is 30.5 Å². The van der Waals surface area contributed by atoms with Crippen molar-refractivity contribution in [3.05, 3.63) is 81.8 Å². The zero-order valence-electron chi connectivity index (χ0n) is 27.0. The first kappa shape index (κ1) is 36.4. The van der Waals surface area contributed by atoms with E-state index in [1.807, 2.05) is 43.5 Å². The zero-order valence-corrected chi connectivity index (χ0v) is 29.4. The van der Waals surface area contributed by atoms with E-state index in [0.29, 0.717) is 23.6 Å². The van der Waals surface area contributed by atoms with Gasteiger partial charge in [-0.05, 0) is 67.0 Å². The van der Waals surface area contributed by atoms with Gasteiger partial charge < -0.3 is 21.3 Å². The Balaban J connectivity index is 1.44. The number of sulfone groups is 1. The number of halogens is 1. The van der Waals surface area contributed by atoms with Crippen molar-refractivity contribution in [2.24, 2.45) is 5.92 Å². The summed E-state index contributed by atoms with van der Waals surface area (Å²) in [6, 6.07) is 12.4. The van der Waals surface area contributed by atoms with Crippen molar-refractivity contribution < 1.29 is 22.8 Å². The van der Waals surface area contributed by atoms with E-state index in [1.165, 1.54) is 11.3 Å². The van der Waals surface area contributed by atoms with Crippen LogP contribution in [0, 0.1) is 5.92 Å². The average Bonchev–Trinajstić information content (AvgIpc) is 3.55. The van der Waals surface area contributed by atoms with E-state index in [9.17, 15) is 22.8 Å². The maximum atomic E-state index is 13.7. The lowest BCUT2D eigenvalue weighted by molar-refractivity contribution is -0.131. The van der Waals surface area contributed by atoms with Gasteiger partial charge in [0.1, 0.15) is 21.9 Å². The summed E-state index contributed by atoms with van der Waals surface area (Å²) in [5.41, 5.74) is 2.32. The predicted octanol–water partition coefficient (Wildman–Crippen LogP) is 5.32. The van der Waals surface area contributed by atoms with Crippen molar-refractivity contribution >= 4 is 55.6 Å². The minimum Gasteiger partial charge on any atom is -0.357 e. The third-order valence-electron chi connectivity index (χ3n) is 8.20. The quantitative estimate of drug-likeness (QED) is 0.168. The average molecular weight is 702 g/mol. The summed E-state index contributed by atoms with van der Waals surface area (Å²) in [6.45, 7) is 4.44. The van der Waals surface area contributed by atoms with Gasteiger partial charge in [0, 0.05) is 46.9 Å². The molecule has 2 aromatic carbocycles. The van der Waals surface area contributed by atoms with E-state index >= 15 is 0 Å². The predicted molar refractivity (Wildman–Crippen MR) is 187 cm³/mol. The van der Waals surface area contributed by atoms with Gasteiger partial charge in [0.25, 0.3) is 5.91 Å². The van der Waals surface area contributed by atoms with E-state index in [2.05, 4.69) is 26.3 Å². The minimum atomic E-state index is -3.43. The van der Waals surface area contributed by atoms with Crippen LogP contribution in [0.2, 0.25) is 5.02 Å². The summed E-state index contributed by atoms with van der Waals surface area (Å²) in [5.74, 6) is -1.57. The van der Waals surface area contributed by atoms with Gasteiger partial charge in [0.05, 0.1) is 5.75 Å². The molecule has 0 aliphatic heterocycles. The van der Waals surface area contributed by atoms with Crippen LogP contribution < -0.4 is 21.3 Å². The SMILES string of the molecule is CC(C)C[C@H](NC(=O)[C@H](CCS(C)(=O)=O)NC(=O)c1ccc(CNc2nccs2)cc1)C(=O)NC1CCCC[C@H]1c1cccc(Cl)c1. The Morgan fingerprint density at radius 2 is 1.74 bits per heavy atom. The van der Waals surface area contributed by atoms with Crippen molar-refractivity contribution in [2.75, 3.05) is 17.3 Å². The van der Waals surface area contributed by atoms with Crippen LogP contribution in [-0.2, 0) is 26.0 Å². The van der Waals surface area contributed by atoms with Gasteiger partial charge in [-0.15, -0.1) is 11.3 Å². The van der Waals surface area contributed by atoms with Crippen molar-refractivity contribution in [2.45, 2.75) is 83.0 Å². The van der Waals surface area contributed by atoms with Gasteiger partial charge >= 0.3 is 0 Å². The van der Waals surface area contributed by atoms with Gasteiger partial charge in [-0.25, -0.2) is 13.4 Å². The zero-order chi connectivity index (χ0) is 34.0. The smallest absolute Gasteiger partial charge is 0.251 e. The molecule has 1 aliphatic carbocycles. The number of rotatable bonds is 15. The molecule has 1 saturated carbocycles. The summed E-state index contributed by atoms with van der Waals surface area (Å²) in [7, 11) is -3.43. The Kier molecular flexibility index (Phi) is 13.2. The molecule has 0 bridgehead atoms. The normalized spacial score (nSPS) is 17.8. The number of hydrogen-bond donors (Lipinski definition) is 4. The Morgan fingerprint density at radius 3 is 2.40 bits per heavy atom. The van der Waals surface area contributed by atoms with Crippen LogP contribution >= 0.6 is 22.9 Å². The topological polar surface area (TPSA) is 146 Å². The van der Waals surface area contributed by atoms with E-state index in [-0.39, 0.29) is 36.0 Å². The monoisotopic (exact) mass is 701 g/mol. The molecule has 0 spiro atoms. The molecule has 0 radical (unpaired) electrons. The molecule has 1 heterocycles. The number of amides is 3. The fraction of sp³-hybridized carbons (Fsp3) is 0.471. The number of carbonyl (C=O) groups excluding carboxylic acids is 3. The summed E-state index contributed by atoms with van der Waals surface area (Å²) >= 11 is 7.76. The van der Waals surface area contributed by atoms with Gasteiger partial charge in [0.15, 0.2) is 5.13 Å². The second kappa shape index (κ2) is 17.1. The highest BCUT2D eigenvalue weighted by molar-refractivity contribution is 7.90. The second-order valence-electron chi connectivity index (χ2n) is 12.6. The fourth-order valence-corrected chi connectivity index (χ4v) is 7.19. The first-order valence-electron chi connectivity index (χ1n) is 15.9. The molecule has 4 atom stereocenters. The molecule has 13 heteroatoms. The molecule has 0 saturated heterocycles. The number of benzene rings is 2. The van der Waals surface area contributed by atoms with Crippen LogP contribution in [0.25, 0.3) is 0 Å². The van der Waals surface area contributed by atoms with Crippen molar-refractivity contribution in [3.8, 4) is 0 Å². The highest BCUT2D eigenvalue weighted by atomic mass is 35.5. The summed E-state index contributed by atoms with van der Waals surface area (Å²) in [6.07, 6.45) is 6.77. The number of anilines is 1. The number of carbonyl (C=O) groups is 3. The van der Waals surface area contributed by atoms with Crippen LogP contribution in [0.4, 0.5) is 5.13 Å². The molecule has 1 fully saturated rings. The van der Waals surface area contributed by atoms with Crippen LogP contribution in [0.15, 0.2) is 60.1 Å². The lowest BCUT2D eigenvalue weighted by Gasteiger charge is -2.34. The van der Waals surface area contributed by atoms with Crippen LogP contribution in [0.1, 0.15) is 79.8 Å². The summed E-state index contributed by atoms with van der Waals surface area (Å²) in [4.78, 5) is 44.8. The second-order valence-corrected chi connectivity index (χ2v) is 16.2. The van der Waals surface area contributed by atoms with E-state index in [0.717, 1.165) is 48.2 Å². The number of hydrogen-bond acceptors (Lipinski definition) is 8. The Morgan fingerprint density at radius 1 is 1.00 bits per heavy atom. The minimum absolute atomic E-state index is 0.0776. The molecule has 254 valence electrons. The van der Waals surface area contributed by atoms with Gasteiger partial charge in [-0.1, -0.05) is 62.6 Å². The molecular formula is C34H44ClN5O5S2. The van der Waals surface area contributed by atoms with Crippen LogP contribution in [0.3, 0.4) is 0 Å². The standard InChI is InChI=1S/C34H44ClN5O5S2/c1-22(2)19-30(33(43)38-28-10-5-4-9-27(28)25-7-6-8-26(35)20-25)40-32(42)29(15-18-47(3,44)45)39-31(41)24-13-11-23(12-14-24)21-37-34-36-16-17-46-34/h6-8,11-14,16-17,20,22,27-30H,4-5,9-10,15,18-19,21H2,1-3H3,(H,36,37)(H,38,43)(H,39,41)(H,40,42)/t27-,28?,29-,30-/m0/s1. The third kappa shape index (κ3) is 11.6. The lowest BCUT2D eigenvalue weighted by atomic mass is 9.80. The van der Waals surface area contributed by atoms with Crippen molar-refractivity contribution in [1.29, 1.82) is 0 Å². The van der Waals surface area contributed by atoms with Crippen LogP contribution in [0.5, 0.6) is 0 Å². The first-order valence-corrected chi connectivity index (χ1v) is 19.3. The molecule has 1 unspecified atom stereocenters. The van der Waals surface area contributed by atoms with Crippen molar-refractivity contribution in [3.63, 3.8) is 0 Å². The molecule has 47 heavy (non-hydrogen) atoms. The molecular weight excluding hydrogens is 658 g/mol.